The first-order valence-corrected chi connectivity index (χ1v) is 15.2. The van der Waals surface area contributed by atoms with E-state index in [2.05, 4.69) is 28.9 Å². The predicted molar refractivity (Wildman–Crippen MR) is 167 cm³/mol. The van der Waals surface area contributed by atoms with Gasteiger partial charge in [0, 0.05) is 50.5 Å². The van der Waals surface area contributed by atoms with Crippen LogP contribution in [0.25, 0.3) is 0 Å². The number of carbonyl (C=O) groups excluding carboxylic acids is 2. The number of amidine groups is 1. The Morgan fingerprint density at radius 3 is 2.21 bits per heavy atom. The largest absolute Gasteiger partial charge is 0.479 e. The molecule has 0 aromatic heterocycles. The van der Waals surface area contributed by atoms with Gasteiger partial charge in [0.25, 0.3) is 0 Å². The average molecular weight is 581 g/mol. The minimum atomic E-state index is -0.840. The van der Waals surface area contributed by atoms with E-state index in [0.29, 0.717) is 61.3 Å². The lowest BCUT2D eigenvalue weighted by molar-refractivity contribution is -0.132. The van der Waals surface area contributed by atoms with E-state index in [1.54, 1.807) is 12.1 Å². The molecule has 9 nitrogen and oxygen atoms in total. The minimum absolute atomic E-state index is 0.0106. The molecule has 1 aromatic rings. The number of hydrogen-bond donors (Lipinski definition) is 1. The summed E-state index contributed by atoms with van der Waals surface area (Å²) in [6.45, 7) is 15.8. The first-order chi connectivity index (χ1) is 20.2. The van der Waals surface area contributed by atoms with Crippen LogP contribution < -0.4 is 0 Å². The van der Waals surface area contributed by atoms with E-state index in [0.717, 1.165) is 37.1 Å². The zero-order chi connectivity index (χ0) is 30.9. The van der Waals surface area contributed by atoms with Crippen molar-refractivity contribution in [3.63, 3.8) is 0 Å². The molecule has 230 valence electrons. The molecule has 3 saturated heterocycles. The van der Waals surface area contributed by atoms with Crippen LogP contribution in [0.5, 0.6) is 0 Å². The molecule has 1 N–H and O–H groups in total. The zero-order valence-electron chi connectivity index (χ0n) is 26.3. The molecule has 0 amide bonds. The lowest BCUT2D eigenvalue weighted by Crippen LogP contribution is -2.50. The third kappa shape index (κ3) is 7.95. The van der Waals surface area contributed by atoms with Crippen molar-refractivity contribution in [2.24, 2.45) is 16.1 Å². The van der Waals surface area contributed by atoms with Crippen LogP contribution in [0.1, 0.15) is 82.6 Å². The Balaban J connectivity index is 0.000000465. The Morgan fingerprint density at radius 2 is 1.76 bits per heavy atom. The van der Waals surface area contributed by atoms with Crippen molar-refractivity contribution in [3.05, 3.63) is 58.9 Å². The number of rotatable bonds is 4. The topological polar surface area (TPSA) is 104 Å². The van der Waals surface area contributed by atoms with Gasteiger partial charge >= 0.3 is 6.02 Å². The standard InChI is InChI=1S/C26H31N3O4.C5H11NO.C2H6/c1-5-23-21(14-18(4)20-8-6-19(16-30)7-9-20)24(31)26(32-23)10-12-29(13-11-26)25-27-15-22(17(2)3)28-33-25;1-6-3-2-5(7)4-6;1-2/h5-9,14,16-18H,10-13,15H2,1-4H3;5,7H,2-4H2,1H3;1-2H3/b21-14+,23-5+;;. The maximum atomic E-state index is 13.5. The molecule has 4 heterocycles. The van der Waals surface area contributed by atoms with Gasteiger partial charge in [-0.15, -0.1) is 0 Å². The molecule has 2 atom stereocenters. The summed E-state index contributed by atoms with van der Waals surface area (Å²) in [5, 5.41) is 13.1. The first-order valence-electron chi connectivity index (χ1n) is 15.2. The molecule has 2 unspecified atom stereocenters. The number of hydrogen-bond acceptors (Lipinski definition) is 9. The predicted octanol–water partition coefficient (Wildman–Crippen LogP) is 4.97. The van der Waals surface area contributed by atoms with Gasteiger partial charge in [0.05, 0.1) is 23.9 Å². The summed E-state index contributed by atoms with van der Waals surface area (Å²) < 4.78 is 6.28. The number of piperidine rings is 1. The molecule has 42 heavy (non-hydrogen) atoms. The van der Waals surface area contributed by atoms with Crippen molar-refractivity contribution in [2.75, 3.05) is 39.8 Å². The van der Waals surface area contributed by atoms with E-state index in [1.807, 2.05) is 63.9 Å². The van der Waals surface area contributed by atoms with E-state index in [1.165, 1.54) is 0 Å². The molecule has 0 aliphatic carbocycles. The van der Waals surface area contributed by atoms with Crippen LogP contribution in [0.15, 0.2) is 57.9 Å². The molecule has 0 bridgehead atoms. The summed E-state index contributed by atoms with van der Waals surface area (Å²) in [7, 11) is 2.02. The maximum absolute atomic E-state index is 13.5. The Bertz CT molecular complexity index is 1190. The summed E-state index contributed by atoms with van der Waals surface area (Å²) in [6.07, 6.45) is 6.70. The van der Waals surface area contributed by atoms with Gasteiger partial charge in [-0.3, -0.25) is 9.59 Å². The molecule has 3 fully saturated rings. The number of ether oxygens (including phenoxy) is 1. The second kappa shape index (κ2) is 15.3. The third-order valence-electron chi connectivity index (χ3n) is 8.00. The van der Waals surface area contributed by atoms with Crippen molar-refractivity contribution < 1.29 is 24.3 Å². The van der Waals surface area contributed by atoms with Gasteiger partial charge < -0.3 is 24.5 Å². The molecule has 1 aromatic carbocycles. The number of aldehydes is 1. The van der Waals surface area contributed by atoms with Crippen molar-refractivity contribution in [1.82, 2.24) is 9.80 Å². The van der Waals surface area contributed by atoms with Crippen molar-refractivity contribution in [1.29, 1.82) is 0 Å². The maximum Gasteiger partial charge on any atom is 0.317 e. The number of aliphatic hydroxyl groups excluding tert-OH is 1. The van der Waals surface area contributed by atoms with Crippen LogP contribution in [0, 0.1) is 5.92 Å². The highest BCUT2D eigenvalue weighted by Crippen LogP contribution is 2.42. The summed E-state index contributed by atoms with van der Waals surface area (Å²) in [6, 6.07) is 7.96. The van der Waals surface area contributed by atoms with E-state index < -0.39 is 5.60 Å². The number of β-amino-alcohol motifs (C(OH)–C–C–N with tert-alkyl or cyclic N) is 1. The smallest absolute Gasteiger partial charge is 0.317 e. The van der Waals surface area contributed by atoms with E-state index in [9.17, 15) is 9.59 Å². The summed E-state index contributed by atoms with van der Waals surface area (Å²) in [4.78, 5) is 38.7. The Labute approximate surface area is 251 Å². The SMILES string of the molecule is C/C=C1/OC2(CCN(C3=NCC(C(C)C)=NO3)CC2)C(=O)/C1=C/C(C)c1ccc(C=O)cc1.CC.CN1CCC(O)C1. The summed E-state index contributed by atoms with van der Waals surface area (Å²) in [5.41, 5.74) is 2.41. The highest BCUT2D eigenvalue weighted by molar-refractivity contribution is 6.08. The number of likely N-dealkylation sites (N-methyl/N-ethyl adjacent to an activating group) is 1. The second-order valence-corrected chi connectivity index (χ2v) is 11.4. The number of aliphatic imine (C=N–C) groups is 1. The van der Waals surface area contributed by atoms with E-state index in [-0.39, 0.29) is 17.8 Å². The number of benzene rings is 1. The van der Waals surface area contributed by atoms with Crippen LogP contribution in [0.3, 0.4) is 0 Å². The van der Waals surface area contributed by atoms with Gasteiger partial charge in [0.2, 0.25) is 5.78 Å². The molecule has 9 heteroatoms. The molecule has 1 spiro atoms. The van der Waals surface area contributed by atoms with Crippen molar-refractivity contribution in [3.8, 4) is 0 Å². The number of likely N-dealkylation sites (tertiary alicyclic amines) is 2. The highest BCUT2D eigenvalue weighted by Gasteiger charge is 2.51. The third-order valence-corrected chi connectivity index (χ3v) is 8.00. The van der Waals surface area contributed by atoms with Crippen molar-refractivity contribution in [2.45, 2.75) is 78.4 Å². The van der Waals surface area contributed by atoms with Gasteiger partial charge in [0.1, 0.15) is 12.0 Å². The molecule has 5 rings (SSSR count). The van der Waals surface area contributed by atoms with Crippen LogP contribution in [-0.4, -0.2) is 90.2 Å². The Morgan fingerprint density at radius 1 is 1.10 bits per heavy atom. The summed E-state index contributed by atoms with van der Waals surface area (Å²) >= 11 is 0. The monoisotopic (exact) mass is 580 g/mol. The average Bonchev–Trinajstić information content (AvgIpc) is 3.52. The van der Waals surface area contributed by atoms with E-state index >= 15 is 0 Å². The second-order valence-electron chi connectivity index (χ2n) is 11.4. The van der Waals surface area contributed by atoms with E-state index in [4.69, 9.17) is 14.7 Å². The number of ketones is 1. The fourth-order valence-corrected chi connectivity index (χ4v) is 5.32. The lowest BCUT2D eigenvalue weighted by Gasteiger charge is -2.37. The van der Waals surface area contributed by atoms with Crippen LogP contribution in [0.4, 0.5) is 0 Å². The van der Waals surface area contributed by atoms with Gasteiger partial charge in [-0.1, -0.05) is 70.1 Å². The fraction of sp³-hybridized carbons (Fsp3) is 0.576. The first kappa shape index (κ1) is 33.2. The lowest BCUT2D eigenvalue weighted by atomic mass is 9.84. The molecule has 0 radical (unpaired) electrons. The Hall–Kier alpha value is -3.30. The van der Waals surface area contributed by atoms with Crippen LogP contribution in [0.2, 0.25) is 0 Å². The number of carbonyl (C=O) groups is 2. The quantitative estimate of drug-likeness (QED) is 0.396. The van der Waals surface area contributed by atoms with Gasteiger partial charge in [-0.2, -0.15) is 0 Å². The Kier molecular flexibility index (Phi) is 12.1. The number of Topliss-reactive ketones (excluding diaryl/α,β-unsaturated/α-hetero) is 1. The van der Waals surface area contributed by atoms with Gasteiger partial charge in [-0.05, 0) is 37.9 Å². The fourth-order valence-electron chi connectivity index (χ4n) is 5.32. The summed E-state index contributed by atoms with van der Waals surface area (Å²) in [5.74, 6) is 0.996. The number of nitrogens with zero attached hydrogens (tertiary/aromatic N) is 4. The van der Waals surface area contributed by atoms with Crippen LogP contribution in [-0.2, 0) is 14.4 Å². The number of allylic oxidation sites excluding steroid dienone is 3. The highest BCUT2D eigenvalue weighted by atomic mass is 16.7. The minimum Gasteiger partial charge on any atom is -0.479 e. The van der Waals surface area contributed by atoms with Gasteiger partial charge in [-0.25, -0.2) is 4.99 Å². The molecule has 0 saturated carbocycles. The van der Waals surface area contributed by atoms with Gasteiger partial charge in [0.15, 0.2) is 5.60 Å². The number of oxime groups is 1. The molecular weight excluding hydrogens is 532 g/mol. The van der Waals surface area contributed by atoms with Crippen LogP contribution >= 0.6 is 0 Å². The number of aliphatic hydroxyl groups is 1. The normalized spacial score (nSPS) is 24.3. The molecule has 4 aliphatic heterocycles. The molecule has 4 aliphatic rings. The molecular formula is C33H48N4O5. The van der Waals surface area contributed by atoms with Crippen molar-refractivity contribution >= 4 is 23.8 Å². The zero-order valence-corrected chi connectivity index (χ0v) is 26.3.